The Morgan fingerprint density at radius 2 is 1.91 bits per heavy atom. The van der Waals surface area contributed by atoms with Crippen LogP contribution in [0.5, 0.6) is 0 Å². The minimum atomic E-state index is -1.17. The molecule has 3 rings (SSSR count). The highest BCUT2D eigenvalue weighted by Gasteiger charge is 2.36. The zero-order chi connectivity index (χ0) is 16.1. The van der Waals surface area contributed by atoms with E-state index in [4.69, 9.17) is 0 Å². The maximum absolute atomic E-state index is 11.6. The largest absolute Gasteiger partial charge is 0.478 e. The zero-order valence-electron chi connectivity index (χ0n) is 12.3. The molecule has 0 bridgehead atoms. The van der Waals surface area contributed by atoms with Crippen LogP contribution in [0.1, 0.15) is 25.1 Å². The second-order valence-corrected chi connectivity index (χ2v) is 6.06. The normalized spacial score (nSPS) is 16.8. The monoisotopic (exact) mass is 300 g/mol. The van der Waals surface area contributed by atoms with Crippen LogP contribution in [-0.2, 0) is 10.2 Å². The number of nitrogens with one attached hydrogen (secondary N) is 1. The van der Waals surface area contributed by atoms with E-state index in [9.17, 15) is 19.8 Å². The first-order chi connectivity index (χ1) is 10.3. The van der Waals surface area contributed by atoms with Gasteiger partial charge >= 0.3 is 12.1 Å². The molecule has 6 nitrogen and oxygen atoms in total. The smallest absolute Gasteiger partial charge is 0.411 e. The Morgan fingerprint density at radius 3 is 2.55 bits per heavy atom. The van der Waals surface area contributed by atoms with Gasteiger partial charge in [0.2, 0.25) is 0 Å². The molecule has 1 aromatic heterocycles. The minimum absolute atomic E-state index is 0.0424. The van der Waals surface area contributed by atoms with Gasteiger partial charge in [-0.25, -0.2) is 9.59 Å². The predicted octanol–water partition coefficient (Wildman–Crippen LogP) is 2.86. The second kappa shape index (κ2) is 4.62. The Balaban J connectivity index is 2.36. The summed E-state index contributed by atoms with van der Waals surface area (Å²) >= 11 is 0. The van der Waals surface area contributed by atoms with E-state index in [0.717, 1.165) is 21.4 Å². The van der Waals surface area contributed by atoms with E-state index < -0.39 is 17.5 Å². The van der Waals surface area contributed by atoms with Crippen molar-refractivity contribution in [2.45, 2.75) is 19.3 Å². The molecule has 1 amide bonds. The lowest BCUT2D eigenvalue weighted by Crippen LogP contribution is -2.36. The quantitative estimate of drug-likeness (QED) is 0.755. The Bertz CT molecular complexity index is 817. The summed E-state index contributed by atoms with van der Waals surface area (Å²) in [6.45, 7) is 4.02. The molecule has 0 unspecified atom stereocenters. The lowest BCUT2D eigenvalue weighted by atomic mass is 9.82. The van der Waals surface area contributed by atoms with E-state index in [1.807, 2.05) is 38.1 Å². The molecule has 0 atom stereocenters. The van der Waals surface area contributed by atoms with E-state index in [1.165, 1.54) is 6.20 Å². The number of para-hydroxylation sites is 1. The fraction of sp³-hybridized carbons (Fsp3) is 0.250. The molecule has 22 heavy (non-hydrogen) atoms. The van der Waals surface area contributed by atoms with Crippen LogP contribution >= 0.6 is 0 Å². The summed E-state index contributed by atoms with van der Waals surface area (Å²) in [6, 6.07) is 7.56. The minimum Gasteiger partial charge on any atom is -0.478 e. The fourth-order valence-corrected chi connectivity index (χ4v) is 3.10. The van der Waals surface area contributed by atoms with Crippen LogP contribution in [0.4, 0.5) is 4.79 Å². The first kappa shape index (κ1) is 14.2. The third kappa shape index (κ3) is 2.04. The second-order valence-electron chi connectivity index (χ2n) is 6.06. The van der Waals surface area contributed by atoms with Crippen molar-refractivity contribution in [3.05, 3.63) is 41.7 Å². The molecule has 1 aliphatic heterocycles. The van der Waals surface area contributed by atoms with Gasteiger partial charge in [0, 0.05) is 29.1 Å². The predicted molar refractivity (Wildman–Crippen MR) is 81.7 cm³/mol. The van der Waals surface area contributed by atoms with Crippen molar-refractivity contribution in [3.8, 4) is 0 Å². The van der Waals surface area contributed by atoms with Crippen LogP contribution in [0.25, 0.3) is 16.5 Å². The van der Waals surface area contributed by atoms with Gasteiger partial charge in [-0.15, -0.1) is 0 Å². The lowest BCUT2D eigenvalue weighted by Gasteiger charge is -2.28. The molecule has 2 heterocycles. The van der Waals surface area contributed by atoms with Crippen molar-refractivity contribution in [3.63, 3.8) is 0 Å². The van der Waals surface area contributed by atoms with Crippen molar-refractivity contribution in [2.24, 2.45) is 0 Å². The Kier molecular flexibility index (Phi) is 2.98. The lowest BCUT2D eigenvalue weighted by molar-refractivity contribution is -0.130. The number of nitrogens with zero attached hydrogens (tertiary/aromatic N) is 1. The van der Waals surface area contributed by atoms with Gasteiger partial charge in [0.25, 0.3) is 0 Å². The highest BCUT2D eigenvalue weighted by molar-refractivity contribution is 6.17. The van der Waals surface area contributed by atoms with E-state index in [0.29, 0.717) is 5.69 Å². The molecule has 114 valence electrons. The number of benzene rings is 1. The highest BCUT2D eigenvalue weighted by Crippen LogP contribution is 2.39. The number of aromatic nitrogens is 1. The van der Waals surface area contributed by atoms with E-state index in [1.54, 1.807) is 0 Å². The summed E-state index contributed by atoms with van der Waals surface area (Å²) in [4.78, 5) is 27.2. The Hall–Kier alpha value is -2.76. The number of rotatable bonds is 1. The molecule has 0 spiro atoms. The summed E-state index contributed by atoms with van der Waals surface area (Å²) < 4.78 is 0. The average molecular weight is 300 g/mol. The molecule has 1 aliphatic rings. The van der Waals surface area contributed by atoms with E-state index >= 15 is 0 Å². The number of carboxylic acids is 1. The molecule has 2 aromatic rings. The average Bonchev–Trinajstić information content (AvgIpc) is 2.76. The molecular weight excluding hydrogens is 284 g/mol. The maximum atomic E-state index is 11.6. The SMILES string of the molecule is CC1(C)CN(C(=O)O)C=C(C(=O)O)c2[nH]c3ccccc3c21. The number of hydrogen-bond donors (Lipinski definition) is 3. The van der Waals surface area contributed by atoms with E-state index in [-0.39, 0.29) is 12.1 Å². The van der Waals surface area contributed by atoms with Crippen LogP contribution in [0.15, 0.2) is 30.5 Å². The maximum Gasteiger partial charge on any atom is 0.411 e. The highest BCUT2D eigenvalue weighted by atomic mass is 16.4. The topological polar surface area (TPSA) is 93.6 Å². The Labute approximate surface area is 126 Å². The van der Waals surface area contributed by atoms with Crippen molar-refractivity contribution >= 4 is 28.5 Å². The van der Waals surface area contributed by atoms with Gasteiger partial charge in [-0.1, -0.05) is 32.0 Å². The van der Waals surface area contributed by atoms with Gasteiger partial charge in [0.15, 0.2) is 0 Å². The number of carbonyl (C=O) groups is 2. The molecule has 0 aliphatic carbocycles. The number of aromatic amines is 1. The summed E-state index contributed by atoms with van der Waals surface area (Å²) in [5, 5.41) is 19.7. The Morgan fingerprint density at radius 1 is 1.23 bits per heavy atom. The van der Waals surface area contributed by atoms with Gasteiger partial charge < -0.3 is 15.2 Å². The number of aliphatic carboxylic acids is 1. The van der Waals surface area contributed by atoms with E-state index in [2.05, 4.69) is 4.98 Å². The van der Waals surface area contributed by atoms with Crippen molar-refractivity contribution in [1.82, 2.24) is 9.88 Å². The third-order valence-electron chi connectivity index (χ3n) is 3.98. The fourth-order valence-electron chi connectivity index (χ4n) is 3.10. The molecular formula is C16H16N2O4. The van der Waals surface area contributed by atoms with Crippen molar-refractivity contribution in [1.29, 1.82) is 0 Å². The molecule has 0 radical (unpaired) electrons. The molecule has 0 saturated carbocycles. The van der Waals surface area contributed by atoms with Gasteiger partial charge in [-0.2, -0.15) is 0 Å². The standard InChI is InChI=1S/C16H16N2O4/c1-16(2)8-18(15(21)22)7-10(14(19)20)13-12(16)9-5-3-4-6-11(9)17-13/h3-7,17H,8H2,1-2H3,(H,19,20)(H,21,22). The van der Waals surface area contributed by atoms with Crippen LogP contribution in [0.3, 0.4) is 0 Å². The van der Waals surface area contributed by atoms with Gasteiger partial charge in [-0.3, -0.25) is 4.90 Å². The molecule has 3 N–H and O–H groups in total. The van der Waals surface area contributed by atoms with Crippen LogP contribution in [0.2, 0.25) is 0 Å². The number of fused-ring (bicyclic) bond motifs is 3. The van der Waals surface area contributed by atoms with Gasteiger partial charge in [-0.05, 0) is 11.6 Å². The van der Waals surface area contributed by atoms with Crippen LogP contribution in [-0.4, -0.2) is 38.7 Å². The third-order valence-corrected chi connectivity index (χ3v) is 3.98. The molecule has 6 heteroatoms. The summed E-state index contributed by atoms with van der Waals surface area (Å²) in [5.41, 5.74) is 1.58. The van der Waals surface area contributed by atoms with Crippen molar-refractivity contribution < 1.29 is 19.8 Å². The van der Waals surface area contributed by atoms with Crippen LogP contribution in [0, 0.1) is 0 Å². The molecule has 0 saturated heterocycles. The number of carboxylic acid groups (broad SMARTS) is 2. The number of H-pyrrole nitrogens is 1. The van der Waals surface area contributed by atoms with Crippen LogP contribution < -0.4 is 0 Å². The number of amides is 1. The first-order valence-corrected chi connectivity index (χ1v) is 6.87. The molecule has 0 fully saturated rings. The van der Waals surface area contributed by atoms with Gasteiger partial charge in [0.05, 0.1) is 11.3 Å². The first-order valence-electron chi connectivity index (χ1n) is 6.87. The zero-order valence-corrected chi connectivity index (χ0v) is 12.3. The molecule has 1 aromatic carbocycles. The summed E-state index contributed by atoms with van der Waals surface area (Å²) in [5.74, 6) is -1.16. The summed E-state index contributed by atoms with van der Waals surface area (Å²) in [6.07, 6.45) is 0.0226. The number of hydrogen-bond acceptors (Lipinski definition) is 2. The van der Waals surface area contributed by atoms with Gasteiger partial charge in [0.1, 0.15) is 0 Å². The van der Waals surface area contributed by atoms with Crippen molar-refractivity contribution in [2.75, 3.05) is 6.54 Å². The summed E-state index contributed by atoms with van der Waals surface area (Å²) in [7, 11) is 0.